The predicted octanol–water partition coefficient (Wildman–Crippen LogP) is 2.34. The van der Waals surface area contributed by atoms with E-state index in [1.807, 2.05) is 17.0 Å². The quantitative estimate of drug-likeness (QED) is 0.774. The van der Waals surface area contributed by atoms with Crippen LogP contribution >= 0.6 is 24.8 Å². The zero-order valence-corrected chi connectivity index (χ0v) is 16.0. The number of nitrogens with one attached hydrogen (secondary N) is 1. The van der Waals surface area contributed by atoms with Crippen molar-refractivity contribution in [2.45, 2.75) is 13.0 Å². The van der Waals surface area contributed by atoms with Crippen molar-refractivity contribution in [3.8, 4) is 5.75 Å². The number of hydrogen-bond donors (Lipinski definition) is 1. The number of carbonyl (C=O) groups excluding carboxylic acids is 1. The van der Waals surface area contributed by atoms with Gasteiger partial charge in [-0.15, -0.1) is 24.8 Å². The first-order valence-electron chi connectivity index (χ1n) is 8.21. The minimum atomic E-state index is -0.0189. The summed E-state index contributed by atoms with van der Waals surface area (Å²) in [4.78, 5) is 22.6. The van der Waals surface area contributed by atoms with Gasteiger partial charge in [0.1, 0.15) is 5.75 Å². The molecule has 2 aromatic heterocycles. The van der Waals surface area contributed by atoms with E-state index in [-0.39, 0.29) is 37.3 Å². The largest absolute Gasteiger partial charge is 0.482 e. The third-order valence-corrected chi connectivity index (χ3v) is 4.09. The highest BCUT2D eigenvalue weighted by atomic mass is 35.5. The second-order valence-electron chi connectivity index (χ2n) is 5.97. The van der Waals surface area contributed by atoms with Crippen molar-refractivity contribution in [2.75, 3.05) is 26.2 Å². The number of rotatable bonds is 7. The van der Waals surface area contributed by atoms with Crippen molar-refractivity contribution >= 4 is 30.7 Å². The molecule has 1 amide bonds. The van der Waals surface area contributed by atoms with Crippen LogP contribution < -0.4 is 10.1 Å². The van der Waals surface area contributed by atoms with Gasteiger partial charge in [-0.25, -0.2) is 0 Å². The Morgan fingerprint density at radius 1 is 1.19 bits per heavy atom. The number of pyridine rings is 2. The molecule has 26 heavy (non-hydrogen) atoms. The molecule has 1 unspecified atom stereocenters. The highest BCUT2D eigenvalue weighted by Crippen LogP contribution is 2.14. The Kier molecular flexibility index (Phi) is 9.95. The van der Waals surface area contributed by atoms with E-state index in [2.05, 4.69) is 15.3 Å². The number of amides is 1. The summed E-state index contributed by atoms with van der Waals surface area (Å²) >= 11 is 0. The van der Waals surface area contributed by atoms with E-state index in [0.717, 1.165) is 31.6 Å². The van der Waals surface area contributed by atoms with Crippen LogP contribution in [0, 0.1) is 5.92 Å². The number of carbonyl (C=O) groups is 1. The maximum Gasteiger partial charge on any atom is 0.260 e. The molecular weight excluding hydrogens is 375 g/mol. The molecule has 0 bridgehead atoms. The third kappa shape index (κ3) is 6.78. The highest BCUT2D eigenvalue weighted by Gasteiger charge is 2.22. The van der Waals surface area contributed by atoms with E-state index < -0.39 is 0 Å². The Morgan fingerprint density at radius 3 is 2.58 bits per heavy atom. The molecule has 142 valence electrons. The minimum absolute atomic E-state index is 0. The van der Waals surface area contributed by atoms with E-state index in [1.54, 1.807) is 36.9 Å². The van der Waals surface area contributed by atoms with Crippen molar-refractivity contribution in [3.05, 3.63) is 54.6 Å². The monoisotopic (exact) mass is 398 g/mol. The molecule has 8 heteroatoms. The molecule has 0 aromatic carbocycles. The van der Waals surface area contributed by atoms with Crippen molar-refractivity contribution in [3.63, 3.8) is 0 Å². The Labute approximate surface area is 166 Å². The van der Waals surface area contributed by atoms with Gasteiger partial charge >= 0.3 is 0 Å². The van der Waals surface area contributed by atoms with Gasteiger partial charge in [-0.2, -0.15) is 0 Å². The summed E-state index contributed by atoms with van der Waals surface area (Å²) in [5.74, 6) is 1.08. The second kappa shape index (κ2) is 11.7. The lowest BCUT2D eigenvalue weighted by atomic mass is 10.1. The molecular formula is C18H24Cl2N4O2. The Morgan fingerprint density at radius 2 is 1.96 bits per heavy atom. The molecule has 1 saturated heterocycles. The number of aromatic nitrogens is 2. The van der Waals surface area contributed by atoms with Gasteiger partial charge < -0.3 is 15.0 Å². The van der Waals surface area contributed by atoms with Gasteiger partial charge in [-0.3, -0.25) is 14.8 Å². The van der Waals surface area contributed by atoms with Crippen molar-refractivity contribution < 1.29 is 9.53 Å². The molecule has 3 rings (SSSR count). The van der Waals surface area contributed by atoms with Crippen LogP contribution in [0.5, 0.6) is 5.75 Å². The van der Waals surface area contributed by atoms with Gasteiger partial charge in [0, 0.05) is 31.7 Å². The molecule has 1 aliphatic heterocycles. The van der Waals surface area contributed by atoms with Crippen molar-refractivity contribution in [1.29, 1.82) is 0 Å². The van der Waals surface area contributed by atoms with Gasteiger partial charge in [0.15, 0.2) is 6.61 Å². The van der Waals surface area contributed by atoms with Crippen LogP contribution in [0.1, 0.15) is 12.0 Å². The van der Waals surface area contributed by atoms with E-state index in [1.165, 1.54) is 0 Å². The summed E-state index contributed by atoms with van der Waals surface area (Å²) < 4.78 is 5.57. The lowest BCUT2D eigenvalue weighted by molar-refractivity contribution is -0.134. The average Bonchev–Trinajstić information content (AvgIpc) is 3.14. The highest BCUT2D eigenvalue weighted by molar-refractivity contribution is 5.85. The van der Waals surface area contributed by atoms with Gasteiger partial charge in [0.2, 0.25) is 0 Å². The Hall–Kier alpha value is -1.89. The number of hydrogen-bond acceptors (Lipinski definition) is 5. The summed E-state index contributed by atoms with van der Waals surface area (Å²) in [7, 11) is 0. The molecule has 0 saturated carbocycles. The van der Waals surface area contributed by atoms with Gasteiger partial charge in [-0.05, 0) is 49.2 Å². The average molecular weight is 399 g/mol. The fraction of sp³-hybridized carbons (Fsp3) is 0.389. The molecule has 2 aromatic rings. The number of nitrogens with zero attached hydrogens (tertiary/aromatic N) is 3. The molecule has 0 aliphatic carbocycles. The van der Waals surface area contributed by atoms with Gasteiger partial charge in [0.05, 0.1) is 6.20 Å². The molecule has 1 atom stereocenters. The predicted molar refractivity (Wildman–Crippen MR) is 105 cm³/mol. The maximum atomic E-state index is 12.6. The van der Waals surface area contributed by atoms with Crippen LogP contribution in [0.2, 0.25) is 0 Å². The van der Waals surface area contributed by atoms with E-state index in [4.69, 9.17) is 4.74 Å². The molecule has 1 N–H and O–H groups in total. The van der Waals surface area contributed by atoms with E-state index >= 15 is 0 Å². The first-order chi connectivity index (χ1) is 11.8. The first kappa shape index (κ1) is 22.2. The fourth-order valence-corrected chi connectivity index (χ4v) is 2.82. The van der Waals surface area contributed by atoms with Gasteiger partial charge in [-0.1, -0.05) is 6.07 Å². The zero-order valence-electron chi connectivity index (χ0n) is 14.4. The fourth-order valence-electron chi connectivity index (χ4n) is 2.82. The van der Waals surface area contributed by atoms with Crippen molar-refractivity contribution in [1.82, 2.24) is 20.2 Å². The van der Waals surface area contributed by atoms with Crippen LogP contribution in [0.15, 0.2) is 49.1 Å². The molecule has 1 aliphatic rings. The molecule has 1 fully saturated rings. The van der Waals surface area contributed by atoms with Crippen LogP contribution in [-0.4, -0.2) is 47.0 Å². The number of ether oxygens (including phenoxy) is 1. The summed E-state index contributed by atoms with van der Waals surface area (Å²) in [6.07, 6.45) is 7.92. The minimum Gasteiger partial charge on any atom is -0.482 e. The Balaban J connectivity index is 0.00000169. The topological polar surface area (TPSA) is 67.3 Å². The van der Waals surface area contributed by atoms with Crippen LogP contribution in [0.4, 0.5) is 0 Å². The van der Waals surface area contributed by atoms with Crippen LogP contribution in [0.25, 0.3) is 0 Å². The van der Waals surface area contributed by atoms with E-state index in [9.17, 15) is 4.79 Å². The molecule has 6 nitrogen and oxygen atoms in total. The standard InChI is InChI=1S/C18H22N4O2.2ClH/c23-18(14-24-17-4-2-7-20-11-17)22(13-16-5-8-21-10-16)12-15-3-1-6-19-9-15;;/h1-4,6-7,9,11,16,21H,5,8,10,12-14H2;2*1H. The normalized spacial score (nSPS) is 15.5. The zero-order chi connectivity index (χ0) is 16.6. The Bertz CT molecular complexity index is 640. The molecule has 0 radical (unpaired) electrons. The number of halogens is 2. The maximum absolute atomic E-state index is 12.6. The summed E-state index contributed by atoms with van der Waals surface area (Å²) in [5.41, 5.74) is 1.03. The van der Waals surface area contributed by atoms with E-state index in [0.29, 0.717) is 18.2 Å². The van der Waals surface area contributed by atoms with Crippen LogP contribution in [-0.2, 0) is 11.3 Å². The van der Waals surface area contributed by atoms with Crippen LogP contribution in [0.3, 0.4) is 0 Å². The third-order valence-electron chi connectivity index (χ3n) is 4.09. The van der Waals surface area contributed by atoms with Gasteiger partial charge in [0.25, 0.3) is 5.91 Å². The smallest absolute Gasteiger partial charge is 0.260 e. The lowest BCUT2D eigenvalue weighted by Crippen LogP contribution is -2.38. The second-order valence-corrected chi connectivity index (χ2v) is 5.97. The summed E-state index contributed by atoms with van der Waals surface area (Å²) in [5, 5.41) is 3.35. The summed E-state index contributed by atoms with van der Waals surface area (Å²) in [6, 6.07) is 7.47. The summed E-state index contributed by atoms with van der Waals surface area (Å²) in [6.45, 7) is 3.29. The lowest BCUT2D eigenvalue weighted by Gasteiger charge is -2.25. The first-order valence-corrected chi connectivity index (χ1v) is 8.21. The SMILES string of the molecule is Cl.Cl.O=C(COc1cccnc1)N(Cc1cccnc1)CC1CCNC1. The molecule has 3 heterocycles. The molecule has 0 spiro atoms. The van der Waals surface area contributed by atoms with Crippen molar-refractivity contribution in [2.24, 2.45) is 5.92 Å².